The molecule has 0 amide bonds. The van der Waals surface area contributed by atoms with Gasteiger partial charge in [-0.15, -0.1) is 24.0 Å². The van der Waals surface area contributed by atoms with E-state index in [1.54, 1.807) is 0 Å². The lowest BCUT2D eigenvalue weighted by atomic mass is 10.0. The topological polar surface area (TPSA) is 36.4 Å². The summed E-state index contributed by atoms with van der Waals surface area (Å²) in [5, 5.41) is 6.86. The molecule has 0 aromatic heterocycles. The zero-order valence-electron chi connectivity index (χ0n) is 10.6. The first kappa shape index (κ1) is 15.4. The summed E-state index contributed by atoms with van der Waals surface area (Å²) in [6, 6.07) is 0. The third-order valence-electron chi connectivity index (χ3n) is 3.38. The number of rotatable bonds is 4. The third kappa shape index (κ3) is 6.18. The summed E-state index contributed by atoms with van der Waals surface area (Å²) in [5.74, 6) is 5.41. The number of guanidine groups is 1. The minimum atomic E-state index is 0. The molecule has 5 heteroatoms. The minimum Gasteiger partial charge on any atom is -0.356 e. The monoisotopic (exact) mass is 369 g/mol. The van der Waals surface area contributed by atoms with Gasteiger partial charge in [-0.3, -0.25) is 4.99 Å². The van der Waals surface area contributed by atoms with Crippen LogP contribution in [-0.2, 0) is 0 Å². The summed E-state index contributed by atoms with van der Waals surface area (Å²) in [6.45, 7) is 2.19. The van der Waals surface area contributed by atoms with E-state index in [0.29, 0.717) is 0 Å². The molecule has 0 aromatic rings. The van der Waals surface area contributed by atoms with Crippen LogP contribution in [0.1, 0.15) is 25.7 Å². The Kier molecular flexibility index (Phi) is 7.66. The van der Waals surface area contributed by atoms with Gasteiger partial charge in [-0.05, 0) is 49.0 Å². The molecule has 0 unspecified atom stereocenters. The van der Waals surface area contributed by atoms with Gasteiger partial charge in [0.15, 0.2) is 5.96 Å². The predicted octanol–water partition coefficient (Wildman–Crippen LogP) is 2.32. The van der Waals surface area contributed by atoms with Crippen LogP contribution in [0.15, 0.2) is 4.99 Å². The molecule has 100 valence electrons. The maximum absolute atomic E-state index is 4.26. The molecule has 0 radical (unpaired) electrons. The van der Waals surface area contributed by atoms with Crippen molar-refractivity contribution in [1.29, 1.82) is 0 Å². The van der Waals surface area contributed by atoms with Crippen LogP contribution < -0.4 is 10.6 Å². The van der Waals surface area contributed by atoms with E-state index in [2.05, 4.69) is 27.4 Å². The standard InChI is InChI=1S/C12H23N3S.HI/c1-13-12(14-8-10-2-3-10)15-9-11-4-6-16-7-5-11;/h10-11H,2-9H2,1H3,(H2,13,14,15);1H. The number of halogens is 1. The highest BCUT2D eigenvalue weighted by molar-refractivity contribution is 14.0. The first-order valence-corrected chi connectivity index (χ1v) is 7.56. The largest absolute Gasteiger partial charge is 0.356 e. The second kappa shape index (κ2) is 8.45. The lowest BCUT2D eigenvalue weighted by Gasteiger charge is -2.22. The van der Waals surface area contributed by atoms with Crippen molar-refractivity contribution in [3.63, 3.8) is 0 Å². The number of thioether (sulfide) groups is 1. The Morgan fingerprint density at radius 1 is 1.06 bits per heavy atom. The molecule has 0 bridgehead atoms. The maximum atomic E-state index is 4.26. The molecule has 2 rings (SSSR count). The first-order chi connectivity index (χ1) is 7.88. The Morgan fingerprint density at radius 2 is 1.59 bits per heavy atom. The van der Waals surface area contributed by atoms with Crippen LogP contribution in [0.2, 0.25) is 0 Å². The van der Waals surface area contributed by atoms with Crippen LogP contribution in [0.25, 0.3) is 0 Å². The van der Waals surface area contributed by atoms with Crippen molar-refractivity contribution < 1.29 is 0 Å². The molecule has 1 saturated carbocycles. The Labute approximate surface area is 126 Å². The SMILES string of the molecule is CN=C(NCC1CCSCC1)NCC1CC1.I. The van der Waals surface area contributed by atoms with Crippen molar-refractivity contribution in [2.24, 2.45) is 16.8 Å². The van der Waals surface area contributed by atoms with E-state index in [0.717, 1.165) is 30.9 Å². The highest BCUT2D eigenvalue weighted by Gasteiger charge is 2.21. The predicted molar refractivity (Wildman–Crippen MR) is 87.6 cm³/mol. The van der Waals surface area contributed by atoms with E-state index >= 15 is 0 Å². The normalized spacial score (nSPS) is 21.8. The molecule has 2 aliphatic rings. The minimum absolute atomic E-state index is 0. The van der Waals surface area contributed by atoms with Gasteiger partial charge in [-0.2, -0.15) is 11.8 Å². The van der Waals surface area contributed by atoms with Crippen LogP contribution in [0, 0.1) is 11.8 Å². The molecule has 17 heavy (non-hydrogen) atoms. The average Bonchev–Trinajstić information content (AvgIpc) is 3.15. The van der Waals surface area contributed by atoms with Crippen molar-refractivity contribution >= 4 is 41.7 Å². The van der Waals surface area contributed by atoms with Gasteiger partial charge in [-0.25, -0.2) is 0 Å². The highest BCUT2D eigenvalue weighted by Crippen LogP contribution is 2.27. The van der Waals surface area contributed by atoms with Gasteiger partial charge in [0.25, 0.3) is 0 Å². The molecule has 3 nitrogen and oxygen atoms in total. The molecule has 0 atom stereocenters. The van der Waals surface area contributed by atoms with Crippen molar-refractivity contribution in [2.75, 3.05) is 31.6 Å². The number of hydrogen-bond acceptors (Lipinski definition) is 2. The van der Waals surface area contributed by atoms with Crippen molar-refractivity contribution in [3.05, 3.63) is 0 Å². The van der Waals surface area contributed by atoms with Crippen molar-refractivity contribution in [1.82, 2.24) is 10.6 Å². The average molecular weight is 369 g/mol. The van der Waals surface area contributed by atoms with E-state index in [4.69, 9.17) is 0 Å². The Morgan fingerprint density at radius 3 is 2.06 bits per heavy atom. The van der Waals surface area contributed by atoms with Gasteiger partial charge >= 0.3 is 0 Å². The summed E-state index contributed by atoms with van der Waals surface area (Å²) in [6.07, 6.45) is 5.50. The Hall–Kier alpha value is 0.350. The van der Waals surface area contributed by atoms with Crippen molar-refractivity contribution in [2.45, 2.75) is 25.7 Å². The van der Waals surface area contributed by atoms with Gasteiger partial charge in [0.2, 0.25) is 0 Å². The zero-order valence-corrected chi connectivity index (χ0v) is 13.7. The molecular weight excluding hydrogens is 345 g/mol. The highest BCUT2D eigenvalue weighted by atomic mass is 127. The molecule has 2 fully saturated rings. The first-order valence-electron chi connectivity index (χ1n) is 6.40. The van der Waals surface area contributed by atoms with E-state index in [9.17, 15) is 0 Å². The van der Waals surface area contributed by atoms with Crippen LogP contribution in [0.5, 0.6) is 0 Å². The van der Waals surface area contributed by atoms with Crippen LogP contribution in [0.3, 0.4) is 0 Å². The molecule has 2 N–H and O–H groups in total. The van der Waals surface area contributed by atoms with Crippen LogP contribution >= 0.6 is 35.7 Å². The molecule has 1 heterocycles. The molecule has 1 aliphatic heterocycles. The molecule has 1 saturated heterocycles. The lowest BCUT2D eigenvalue weighted by Crippen LogP contribution is -2.41. The van der Waals surface area contributed by atoms with Gasteiger partial charge in [0, 0.05) is 20.1 Å². The van der Waals surface area contributed by atoms with E-state index in [1.165, 1.54) is 37.2 Å². The molecule has 0 spiro atoms. The van der Waals surface area contributed by atoms with Gasteiger partial charge in [0.1, 0.15) is 0 Å². The second-order valence-corrected chi connectivity index (χ2v) is 6.06. The van der Waals surface area contributed by atoms with Gasteiger partial charge < -0.3 is 10.6 Å². The quantitative estimate of drug-likeness (QED) is 0.454. The molecular formula is C12H24IN3S. The van der Waals surface area contributed by atoms with E-state index < -0.39 is 0 Å². The Balaban J connectivity index is 0.00000144. The summed E-state index contributed by atoms with van der Waals surface area (Å²) in [5.41, 5.74) is 0. The lowest BCUT2D eigenvalue weighted by molar-refractivity contribution is 0.478. The fourth-order valence-electron chi connectivity index (χ4n) is 1.98. The molecule has 0 aromatic carbocycles. The van der Waals surface area contributed by atoms with Gasteiger partial charge in [0.05, 0.1) is 0 Å². The number of nitrogens with zero attached hydrogens (tertiary/aromatic N) is 1. The summed E-state index contributed by atoms with van der Waals surface area (Å²) in [4.78, 5) is 4.26. The smallest absolute Gasteiger partial charge is 0.190 e. The fourth-order valence-corrected chi connectivity index (χ4v) is 3.18. The number of hydrogen-bond donors (Lipinski definition) is 2. The number of aliphatic imine (C=N–C) groups is 1. The van der Waals surface area contributed by atoms with E-state index in [-0.39, 0.29) is 24.0 Å². The fraction of sp³-hybridized carbons (Fsp3) is 0.917. The second-order valence-electron chi connectivity index (χ2n) is 4.83. The van der Waals surface area contributed by atoms with Crippen molar-refractivity contribution in [3.8, 4) is 0 Å². The maximum Gasteiger partial charge on any atom is 0.190 e. The summed E-state index contributed by atoms with van der Waals surface area (Å²) in [7, 11) is 1.86. The molecule has 1 aliphatic carbocycles. The third-order valence-corrected chi connectivity index (χ3v) is 4.43. The van der Waals surface area contributed by atoms with Gasteiger partial charge in [-0.1, -0.05) is 0 Å². The summed E-state index contributed by atoms with van der Waals surface area (Å²) >= 11 is 2.09. The number of nitrogens with one attached hydrogen (secondary N) is 2. The zero-order chi connectivity index (χ0) is 11.2. The Bertz CT molecular complexity index is 238. The van der Waals surface area contributed by atoms with Crippen LogP contribution in [-0.4, -0.2) is 37.6 Å². The van der Waals surface area contributed by atoms with Crippen LogP contribution in [0.4, 0.5) is 0 Å². The van der Waals surface area contributed by atoms with E-state index in [1.807, 2.05) is 7.05 Å². The summed E-state index contributed by atoms with van der Waals surface area (Å²) < 4.78 is 0.